The van der Waals surface area contributed by atoms with Gasteiger partial charge in [-0.3, -0.25) is 14.2 Å². The fourth-order valence-electron chi connectivity index (χ4n) is 4.03. The van der Waals surface area contributed by atoms with Crippen molar-refractivity contribution in [3.63, 3.8) is 0 Å². The van der Waals surface area contributed by atoms with Crippen LogP contribution in [0.25, 0.3) is 6.08 Å². The quantitative estimate of drug-likeness (QED) is 0.334. The number of hydrogen-bond donors (Lipinski definition) is 0. The summed E-state index contributed by atoms with van der Waals surface area (Å²) in [6.07, 6.45) is 1.71. The molecule has 0 bridgehead atoms. The third kappa shape index (κ3) is 5.52. The summed E-state index contributed by atoms with van der Waals surface area (Å²) >= 11 is 7.31. The van der Waals surface area contributed by atoms with E-state index in [1.807, 2.05) is 6.92 Å². The molecule has 0 spiro atoms. The Kier molecular flexibility index (Phi) is 7.94. The van der Waals surface area contributed by atoms with Gasteiger partial charge < -0.3 is 14.2 Å². The van der Waals surface area contributed by atoms with E-state index in [0.717, 1.165) is 0 Å². The Hall–Kier alpha value is -3.69. The third-order valence-electron chi connectivity index (χ3n) is 5.52. The summed E-state index contributed by atoms with van der Waals surface area (Å²) in [6, 6.07) is 11.3. The highest BCUT2D eigenvalue weighted by atomic mass is 35.5. The summed E-state index contributed by atoms with van der Waals surface area (Å²) in [7, 11) is 0. The van der Waals surface area contributed by atoms with E-state index in [2.05, 4.69) is 4.99 Å². The lowest BCUT2D eigenvalue weighted by Gasteiger charge is -2.24. The van der Waals surface area contributed by atoms with Gasteiger partial charge in [-0.1, -0.05) is 41.1 Å². The Balaban J connectivity index is 1.88. The molecule has 2 aromatic carbocycles. The molecule has 0 amide bonds. The second kappa shape index (κ2) is 11.1. The molecule has 10 heteroatoms. The number of nitrogens with zero attached hydrogens (tertiary/aromatic N) is 2. The molecule has 192 valence electrons. The lowest BCUT2D eigenvalue weighted by atomic mass is 9.96. The van der Waals surface area contributed by atoms with Crippen LogP contribution in [0.1, 0.15) is 44.9 Å². The number of aromatic nitrogens is 1. The van der Waals surface area contributed by atoms with Crippen molar-refractivity contribution in [1.29, 1.82) is 0 Å². The molecule has 0 radical (unpaired) electrons. The van der Waals surface area contributed by atoms with E-state index in [0.29, 0.717) is 54.9 Å². The monoisotopic (exact) mass is 540 g/mol. The Morgan fingerprint density at radius 1 is 1.11 bits per heavy atom. The van der Waals surface area contributed by atoms with Gasteiger partial charge in [-0.25, -0.2) is 9.79 Å². The number of benzene rings is 2. The number of allylic oxidation sites excluding steroid dienone is 1. The van der Waals surface area contributed by atoms with Gasteiger partial charge in [-0.2, -0.15) is 0 Å². The number of carbonyl (C=O) groups is 2. The first-order valence-corrected chi connectivity index (χ1v) is 12.8. The smallest absolute Gasteiger partial charge is 0.338 e. The van der Waals surface area contributed by atoms with Crippen LogP contribution < -0.4 is 24.4 Å². The molecule has 3 aromatic rings. The van der Waals surface area contributed by atoms with Crippen LogP contribution in [0.3, 0.4) is 0 Å². The number of carbonyl (C=O) groups excluding carboxylic acids is 2. The third-order valence-corrected chi connectivity index (χ3v) is 6.76. The van der Waals surface area contributed by atoms with Gasteiger partial charge in [0.25, 0.3) is 5.56 Å². The first kappa shape index (κ1) is 26.4. The summed E-state index contributed by atoms with van der Waals surface area (Å²) in [5, 5.41) is 0.539. The number of fused-ring (bicyclic) bond motifs is 1. The molecule has 0 unspecified atom stereocenters. The van der Waals surface area contributed by atoms with Crippen molar-refractivity contribution in [1.82, 2.24) is 4.57 Å². The lowest BCUT2D eigenvalue weighted by molar-refractivity contribution is -0.139. The van der Waals surface area contributed by atoms with Crippen LogP contribution >= 0.6 is 22.9 Å². The first-order valence-electron chi connectivity index (χ1n) is 11.6. The van der Waals surface area contributed by atoms with Gasteiger partial charge in [0.15, 0.2) is 16.3 Å². The molecule has 0 aliphatic carbocycles. The highest BCUT2D eigenvalue weighted by molar-refractivity contribution is 7.07. The van der Waals surface area contributed by atoms with E-state index in [1.165, 1.54) is 22.8 Å². The van der Waals surface area contributed by atoms with Crippen molar-refractivity contribution in [2.24, 2.45) is 4.99 Å². The van der Waals surface area contributed by atoms with Crippen molar-refractivity contribution in [2.75, 3.05) is 13.2 Å². The highest BCUT2D eigenvalue weighted by Gasteiger charge is 2.33. The van der Waals surface area contributed by atoms with Crippen LogP contribution in [0.4, 0.5) is 0 Å². The highest BCUT2D eigenvalue weighted by Crippen LogP contribution is 2.32. The molecule has 1 aromatic heterocycles. The molecule has 4 rings (SSSR count). The van der Waals surface area contributed by atoms with E-state index < -0.39 is 18.0 Å². The first-order chi connectivity index (χ1) is 17.7. The van der Waals surface area contributed by atoms with Crippen LogP contribution in [0.2, 0.25) is 5.02 Å². The van der Waals surface area contributed by atoms with Crippen LogP contribution in [-0.4, -0.2) is 29.7 Å². The van der Waals surface area contributed by atoms with Crippen molar-refractivity contribution < 1.29 is 23.8 Å². The van der Waals surface area contributed by atoms with E-state index >= 15 is 0 Å². The number of ether oxygens (including phenoxy) is 3. The second-order valence-electron chi connectivity index (χ2n) is 8.09. The minimum atomic E-state index is -0.722. The Morgan fingerprint density at radius 3 is 2.49 bits per heavy atom. The Morgan fingerprint density at radius 2 is 1.84 bits per heavy atom. The number of hydrogen-bond acceptors (Lipinski definition) is 8. The normalized spacial score (nSPS) is 15.2. The lowest BCUT2D eigenvalue weighted by Crippen LogP contribution is -2.39. The molecular formula is C27H25ClN2O6S. The van der Waals surface area contributed by atoms with Crippen LogP contribution in [0, 0.1) is 0 Å². The molecule has 1 aliphatic rings. The fraction of sp³-hybridized carbons (Fsp3) is 0.259. The maximum Gasteiger partial charge on any atom is 0.338 e. The van der Waals surface area contributed by atoms with E-state index in [1.54, 1.807) is 62.4 Å². The zero-order valence-corrected chi connectivity index (χ0v) is 22.3. The molecule has 1 atom stereocenters. The van der Waals surface area contributed by atoms with Crippen molar-refractivity contribution in [3.05, 3.63) is 89.6 Å². The van der Waals surface area contributed by atoms with Gasteiger partial charge in [0, 0.05) is 11.9 Å². The molecular weight excluding hydrogens is 516 g/mol. The van der Waals surface area contributed by atoms with Crippen LogP contribution in [-0.2, 0) is 14.3 Å². The molecule has 8 nitrogen and oxygen atoms in total. The Labute approximate surface area is 222 Å². The predicted molar refractivity (Wildman–Crippen MR) is 141 cm³/mol. The minimum Gasteiger partial charge on any atom is -0.490 e. The number of esters is 2. The minimum absolute atomic E-state index is 0.193. The maximum absolute atomic E-state index is 13.7. The van der Waals surface area contributed by atoms with Gasteiger partial charge in [-0.15, -0.1) is 0 Å². The molecule has 2 heterocycles. The predicted octanol–water partition coefficient (Wildman–Crippen LogP) is 3.78. The van der Waals surface area contributed by atoms with Gasteiger partial charge in [0.05, 0.1) is 35.1 Å². The summed E-state index contributed by atoms with van der Waals surface area (Å²) in [5.41, 5.74) is 1.86. The molecule has 0 saturated carbocycles. The molecule has 1 aliphatic heterocycles. The van der Waals surface area contributed by atoms with Gasteiger partial charge in [0.2, 0.25) is 0 Å². The molecule has 0 N–H and O–H groups in total. The average molecular weight is 541 g/mol. The summed E-state index contributed by atoms with van der Waals surface area (Å²) < 4.78 is 18.1. The van der Waals surface area contributed by atoms with Gasteiger partial charge in [-0.05, 0) is 62.2 Å². The fourth-order valence-corrected chi connectivity index (χ4v) is 5.20. The van der Waals surface area contributed by atoms with Gasteiger partial charge in [0.1, 0.15) is 0 Å². The van der Waals surface area contributed by atoms with E-state index in [4.69, 9.17) is 25.8 Å². The number of thiazole rings is 1. The van der Waals surface area contributed by atoms with E-state index in [-0.39, 0.29) is 12.2 Å². The molecule has 37 heavy (non-hydrogen) atoms. The zero-order valence-electron chi connectivity index (χ0n) is 20.7. The largest absolute Gasteiger partial charge is 0.490 e. The summed E-state index contributed by atoms with van der Waals surface area (Å²) in [4.78, 5) is 43.1. The number of halogens is 1. The van der Waals surface area contributed by atoms with Crippen molar-refractivity contribution in [3.8, 4) is 11.5 Å². The van der Waals surface area contributed by atoms with Crippen LogP contribution in [0.15, 0.2) is 63.5 Å². The van der Waals surface area contributed by atoms with Crippen molar-refractivity contribution in [2.45, 2.75) is 33.7 Å². The average Bonchev–Trinajstić information content (AvgIpc) is 3.14. The number of rotatable bonds is 7. The molecule has 0 fully saturated rings. The molecule has 0 saturated heterocycles. The second-order valence-corrected chi connectivity index (χ2v) is 9.53. The standard InChI is InChI=1S/C27H25ClN2O6S/c1-5-34-21-13-17(7-12-20(21)36-16(4)31)14-22-25(32)30-24(18-8-10-19(28)11-9-18)23(26(33)35-6-2)15(3)29-27(30)37-22/h7-14,24H,5-6H2,1-4H3/b22-14-/t24-/m1/s1. The summed E-state index contributed by atoms with van der Waals surface area (Å²) in [5.74, 6) is -0.304. The van der Waals surface area contributed by atoms with Gasteiger partial charge >= 0.3 is 11.9 Å². The van der Waals surface area contributed by atoms with E-state index in [9.17, 15) is 14.4 Å². The summed E-state index contributed by atoms with van der Waals surface area (Å²) in [6.45, 7) is 7.16. The maximum atomic E-state index is 13.7. The zero-order chi connectivity index (χ0) is 26.7. The topological polar surface area (TPSA) is 96.2 Å². The van der Waals surface area contributed by atoms with Crippen molar-refractivity contribution >= 4 is 41.0 Å². The van der Waals surface area contributed by atoms with Crippen LogP contribution in [0.5, 0.6) is 11.5 Å². The SMILES string of the molecule is CCOC(=O)C1=C(C)N=c2s/c(=C\c3ccc(OC(C)=O)c(OCC)c3)c(=O)n2[C@@H]1c1ccc(Cl)cc1. The Bertz CT molecular complexity index is 1570.